The van der Waals surface area contributed by atoms with E-state index in [0.717, 1.165) is 56.5 Å². The van der Waals surface area contributed by atoms with Crippen molar-refractivity contribution in [2.24, 2.45) is 0 Å². The Morgan fingerprint density at radius 1 is 1.13 bits per heavy atom. The molecule has 1 amide bonds. The van der Waals surface area contributed by atoms with Crippen molar-refractivity contribution in [3.8, 4) is 11.5 Å². The van der Waals surface area contributed by atoms with Crippen LogP contribution in [-0.2, 0) is 0 Å². The maximum atomic E-state index is 13.2. The Morgan fingerprint density at radius 2 is 1.83 bits per heavy atom. The van der Waals surface area contributed by atoms with Crippen molar-refractivity contribution in [1.82, 2.24) is 14.9 Å². The molecule has 4 rings (SSSR count). The van der Waals surface area contributed by atoms with E-state index in [1.807, 2.05) is 56.9 Å². The van der Waals surface area contributed by atoms with Crippen LogP contribution in [0.15, 0.2) is 24.3 Å². The highest BCUT2D eigenvalue weighted by atomic mass is 32.1. The molecule has 0 spiro atoms. The van der Waals surface area contributed by atoms with Gasteiger partial charge in [0.15, 0.2) is 11.5 Å². The Balaban J connectivity index is 1.45. The average molecular weight is 426 g/mol. The summed E-state index contributed by atoms with van der Waals surface area (Å²) in [5.41, 5.74) is 1.92. The molecule has 0 bridgehead atoms. The monoisotopic (exact) mass is 425 g/mol. The van der Waals surface area contributed by atoms with E-state index < -0.39 is 0 Å². The Kier molecular flexibility index (Phi) is 5.90. The summed E-state index contributed by atoms with van der Waals surface area (Å²) in [7, 11) is 0. The van der Waals surface area contributed by atoms with Gasteiger partial charge in [-0.3, -0.25) is 4.79 Å². The topological polar surface area (TPSA) is 64.6 Å². The molecule has 1 saturated heterocycles. The molecule has 3 heterocycles. The van der Waals surface area contributed by atoms with Crippen molar-refractivity contribution in [3.05, 3.63) is 46.2 Å². The lowest BCUT2D eigenvalue weighted by Gasteiger charge is -2.32. The van der Waals surface area contributed by atoms with Crippen LogP contribution in [0.5, 0.6) is 11.5 Å². The molecule has 0 aliphatic carbocycles. The molecule has 158 valence electrons. The highest BCUT2D eigenvalue weighted by Gasteiger charge is 2.28. The lowest BCUT2D eigenvalue weighted by atomic mass is 10.1. The number of aryl methyl sites for hydroxylation is 3. The van der Waals surface area contributed by atoms with Crippen molar-refractivity contribution in [3.63, 3.8) is 0 Å². The molecular formula is C23H27N3O3S. The molecule has 0 radical (unpaired) electrons. The van der Waals surface area contributed by atoms with Crippen LogP contribution in [0.25, 0.3) is 10.2 Å². The fourth-order valence-corrected chi connectivity index (χ4v) is 5.25. The number of hydrogen-bond donors (Lipinski definition) is 0. The minimum absolute atomic E-state index is 0.0786. The summed E-state index contributed by atoms with van der Waals surface area (Å²) in [6.07, 6.45) is 1.68. The van der Waals surface area contributed by atoms with Crippen LogP contribution in [0.4, 0.5) is 0 Å². The summed E-state index contributed by atoms with van der Waals surface area (Å²) in [4.78, 5) is 25.8. The molecule has 7 heteroatoms. The van der Waals surface area contributed by atoms with E-state index in [1.54, 1.807) is 0 Å². The van der Waals surface area contributed by atoms with E-state index in [9.17, 15) is 4.79 Å². The van der Waals surface area contributed by atoms with Gasteiger partial charge in [0.2, 0.25) is 0 Å². The summed E-state index contributed by atoms with van der Waals surface area (Å²) >= 11 is 1.47. The quantitative estimate of drug-likeness (QED) is 0.593. The molecule has 0 unspecified atom stereocenters. The van der Waals surface area contributed by atoms with E-state index in [2.05, 4.69) is 9.97 Å². The van der Waals surface area contributed by atoms with Crippen molar-refractivity contribution in [2.75, 3.05) is 19.7 Å². The van der Waals surface area contributed by atoms with E-state index >= 15 is 0 Å². The molecule has 2 aromatic heterocycles. The predicted octanol–water partition coefficient (Wildman–Crippen LogP) is 4.70. The first-order valence-corrected chi connectivity index (χ1v) is 11.2. The third-order valence-electron chi connectivity index (χ3n) is 5.45. The Hall–Kier alpha value is -2.67. The van der Waals surface area contributed by atoms with Crippen molar-refractivity contribution < 1.29 is 14.3 Å². The first kappa shape index (κ1) is 20.6. The maximum absolute atomic E-state index is 13.2. The highest BCUT2D eigenvalue weighted by Crippen LogP contribution is 2.33. The van der Waals surface area contributed by atoms with E-state index in [0.29, 0.717) is 19.7 Å². The summed E-state index contributed by atoms with van der Waals surface area (Å²) in [5, 5.41) is 1.01. The van der Waals surface area contributed by atoms with Gasteiger partial charge in [0, 0.05) is 37.0 Å². The Labute approximate surface area is 180 Å². The number of hydrogen-bond acceptors (Lipinski definition) is 6. The molecule has 0 saturated carbocycles. The number of rotatable bonds is 5. The number of fused-ring (bicyclic) bond motifs is 1. The van der Waals surface area contributed by atoms with Crippen LogP contribution >= 0.6 is 11.3 Å². The number of ether oxygens (including phenoxy) is 2. The smallest absolute Gasteiger partial charge is 0.264 e. The third-order valence-corrected chi connectivity index (χ3v) is 6.62. The fourth-order valence-electron chi connectivity index (χ4n) is 4.00. The number of aromatic nitrogens is 2. The van der Waals surface area contributed by atoms with Gasteiger partial charge in [-0.05, 0) is 45.4 Å². The number of thiophene rings is 1. The van der Waals surface area contributed by atoms with Crippen LogP contribution in [-0.4, -0.2) is 46.6 Å². The molecule has 1 aliphatic rings. The molecule has 30 heavy (non-hydrogen) atoms. The van der Waals surface area contributed by atoms with Crippen LogP contribution < -0.4 is 9.47 Å². The first-order valence-electron chi connectivity index (χ1n) is 10.4. The zero-order valence-electron chi connectivity index (χ0n) is 17.9. The van der Waals surface area contributed by atoms with Gasteiger partial charge in [-0.2, -0.15) is 0 Å². The summed E-state index contributed by atoms with van der Waals surface area (Å²) in [5.74, 6) is 2.37. The summed E-state index contributed by atoms with van der Waals surface area (Å²) < 4.78 is 11.9. The SMILES string of the molecule is CCOc1ccccc1OC1CCN(C(=O)c2sc3nc(C)nc(C)c3c2C)CC1. The predicted molar refractivity (Wildman–Crippen MR) is 119 cm³/mol. The average Bonchev–Trinajstić information content (AvgIpc) is 3.06. The molecule has 1 aliphatic heterocycles. The molecule has 3 aromatic rings. The van der Waals surface area contributed by atoms with Gasteiger partial charge in [-0.15, -0.1) is 11.3 Å². The molecular weight excluding hydrogens is 398 g/mol. The van der Waals surface area contributed by atoms with Crippen LogP contribution in [0.1, 0.15) is 46.5 Å². The van der Waals surface area contributed by atoms with Crippen LogP contribution in [0.3, 0.4) is 0 Å². The number of amides is 1. The lowest BCUT2D eigenvalue weighted by molar-refractivity contribution is 0.0593. The maximum Gasteiger partial charge on any atom is 0.264 e. The third kappa shape index (κ3) is 3.99. The molecule has 1 aromatic carbocycles. The van der Waals surface area contributed by atoms with Gasteiger partial charge in [0.1, 0.15) is 16.8 Å². The molecule has 6 nitrogen and oxygen atoms in total. The van der Waals surface area contributed by atoms with Gasteiger partial charge >= 0.3 is 0 Å². The number of carbonyl (C=O) groups excluding carboxylic acids is 1. The van der Waals surface area contributed by atoms with E-state index in [4.69, 9.17) is 9.47 Å². The highest BCUT2D eigenvalue weighted by molar-refractivity contribution is 7.20. The van der Waals surface area contributed by atoms with E-state index in [-0.39, 0.29) is 12.0 Å². The lowest BCUT2D eigenvalue weighted by Crippen LogP contribution is -2.41. The standard InChI is InChI=1S/C23H27N3O3S/c1-5-28-18-8-6-7-9-19(18)29-17-10-12-26(13-11-17)23(27)21-14(2)20-15(3)24-16(4)25-22(20)30-21/h6-9,17H,5,10-13H2,1-4H3. The summed E-state index contributed by atoms with van der Waals surface area (Å²) in [6.45, 7) is 9.79. The van der Waals surface area contributed by atoms with Gasteiger partial charge in [-0.25, -0.2) is 9.97 Å². The molecule has 0 atom stereocenters. The van der Waals surface area contributed by atoms with E-state index in [1.165, 1.54) is 11.3 Å². The minimum atomic E-state index is 0.0786. The minimum Gasteiger partial charge on any atom is -0.490 e. The first-order chi connectivity index (χ1) is 14.5. The number of carbonyl (C=O) groups is 1. The van der Waals surface area contributed by atoms with Gasteiger partial charge < -0.3 is 14.4 Å². The number of benzene rings is 1. The normalized spacial score (nSPS) is 14.9. The van der Waals surface area contributed by atoms with Gasteiger partial charge in [0.05, 0.1) is 11.5 Å². The summed E-state index contributed by atoms with van der Waals surface area (Å²) in [6, 6.07) is 7.76. The molecule has 1 fully saturated rings. The number of likely N-dealkylation sites (tertiary alicyclic amines) is 1. The van der Waals surface area contributed by atoms with Crippen molar-refractivity contribution in [1.29, 1.82) is 0 Å². The second-order valence-corrected chi connectivity index (χ2v) is 8.58. The number of piperidine rings is 1. The van der Waals surface area contributed by atoms with Crippen LogP contribution in [0, 0.1) is 20.8 Å². The number of para-hydroxylation sites is 2. The Bertz CT molecular complexity index is 1070. The van der Waals surface area contributed by atoms with Crippen molar-refractivity contribution in [2.45, 2.75) is 46.6 Å². The van der Waals surface area contributed by atoms with Crippen molar-refractivity contribution >= 4 is 27.5 Å². The van der Waals surface area contributed by atoms with Gasteiger partial charge in [0.25, 0.3) is 5.91 Å². The van der Waals surface area contributed by atoms with Crippen LogP contribution in [0.2, 0.25) is 0 Å². The largest absolute Gasteiger partial charge is 0.490 e. The second kappa shape index (κ2) is 8.60. The second-order valence-electron chi connectivity index (χ2n) is 7.58. The molecule has 0 N–H and O–H groups in total. The van der Waals surface area contributed by atoms with Gasteiger partial charge in [-0.1, -0.05) is 12.1 Å². The fraction of sp³-hybridized carbons (Fsp3) is 0.435. The zero-order chi connectivity index (χ0) is 21.3. The number of nitrogens with zero attached hydrogens (tertiary/aromatic N) is 3. The zero-order valence-corrected chi connectivity index (χ0v) is 18.7. The Morgan fingerprint density at radius 3 is 2.53 bits per heavy atom.